The molecule has 0 saturated carbocycles. The molecule has 1 fully saturated rings. The Morgan fingerprint density at radius 1 is 1.05 bits per heavy atom. The van der Waals surface area contributed by atoms with E-state index in [1.54, 1.807) is 74.5 Å². The number of hydrogen-bond donors (Lipinski definition) is 3. The zero-order valence-electron chi connectivity index (χ0n) is 21.7. The van der Waals surface area contributed by atoms with Crippen molar-refractivity contribution in [3.8, 4) is 0 Å². The predicted octanol–water partition coefficient (Wildman–Crippen LogP) is 4.02. The van der Waals surface area contributed by atoms with Crippen LogP contribution in [0.2, 0.25) is 0 Å². The number of rotatable bonds is 8. The predicted molar refractivity (Wildman–Crippen MR) is 147 cm³/mol. The molecule has 1 aliphatic rings. The first-order valence-electron chi connectivity index (χ1n) is 12.2. The minimum Gasteiger partial charge on any atom is -0.306 e. The lowest BCUT2D eigenvalue weighted by Gasteiger charge is -2.38. The molecule has 13 nitrogen and oxygen atoms in total. The molecule has 0 aliphatic carbocycles. The van der Waals surface area contributed by atoms with Crippen LogP contribution in [0.3, 0.4) is 0 Å². The molecule has 206 valence electrons. The van der Waals surface area contributed by atoms with Crippen LogP contribution in [0.1, 0.15) is 19.4 Å². The molecule has 3 N–H and O–H groups in total. The molecule has 4 rings (SSSR count). The number of nitro benzene ring substituents is 1. The number of hydrogen-bond acceptors (Lipinski definition) is 7. The molecule has 1 unspecified atom stereocenters. The van der Waals surface area contributed by atoms with Gasteiger partial charge in [-0.25, -0.2) is 15.0 Å². The number of hydrazone groups is 1. The number of nitrogens with zero attached hydrogens (tertiary/aromatic N) is 5. The summed E-state index contributed by atoms with van der Waals surface area (Å²) in [7, 11) is 0. The Hall–Kier alpha value is -5.30. The first kappa shape index (κ1) is 27.7. The molecule has 0 spiro atoms. The minimum absolute atomic E-state index is 0.0798. The Bertz CT molecular complexity index is 1410. The van der Waals surface area contributed by atoms with Gasteiger partial charge in [0, 0.05) is 23.5 Å². The Balaban J connectivity index is 1.53. The number of amides is 5. The largest absolute Gasteiger partial charge is 0.347 e. The van der Waals surface area contributed by atoms with Gasteiger partial charge in [-0.1, -0.05) is 36.4 Å². The van der Waals surface area contributed by atoms with E-state index in [-0.39, 0.29) is 5.69 Å². The average molecular weight is 546 g/mol. The minimum atomic E-state index is -1.24. The number of nitro groups is 1. The number of urea groups is 2. The quantitative estimate of drug-likeness (QED) is 0.168. The highest BCUT2D eigenvalue weighted by Crippen LogP contribution is 2.37. The summed E-state index contributed by atoms with van der Waals surface area (Å²) in [5.74, 6) is -0.633. The molecule has 3 aromatic rings. The van der Waals surface area contributed by atoms with E-state index >= 15 is 0 Å². The molecule has 1 heterocycles. The summed E-state index contributed by atoms with van der Waals surface area (Å²) in [6.45, 7) is 2.83. The lowest BCUT2D eigenvalue weighted by atomic mass is 9.99. The number of para-hydroxylation sites is 2. The summed E-state index contributed by atoms with van der Waals surface area (Å²) in [5, 5.41) is 28.8. The molecule has 13 heteroatoms. The lowest BCUT2D eigenvalue weighted by molar-refractivity contribution is -0.384. The molecule has 1 aliphatic heterocycles. The molecule has 0 radical (unpaired) electrons. The van der Waals surface area contributed by atoms with Gasteiger partial charge in [0.05, 0.1) is 16.7 Å². The van der Waals surface area contributed by atoms with Gasteiger partial charge < -0.3 is 10.2 Å². The van der Waals surface area contributed by atoms with Crippen LogP contribution in [-0.2, 0) is 4.79 Å². The summed E-state index contributed by atoms with van der Waals surface area (Å²) < 4.78 is 0. The van der Waals surface area contributed by atoms with Crippen molar-refractivity contribution in [2.75, 3.05) is 16.8 Å². The number of anilines is 2. The van der Waals surface area contributed by atoms with Gasteiger partial charge in [0.25, 0.3) is 11.6 Å². The van der Waals surface area contributed by atoms with Crippen molar-refractivity contribution in [3.05, 3.63) is 101 Å². The number of carbonyl (C=O) groups excluding carboxylic acids is 3. The third-order valence-electron chi connectivity index (χ3n) is 6.32. The van der Waals surface area contributed by atoms with Crippen LogP contribution in [-0.4, -0.2) is 62.5 Å². The first-order chi connectivity index (χ1) is 19.1. The molecule has 40 heavy (non-hydrogen) atoms. The second kappa shape index (κ2) is 11.6. The number of hydroxylamine groups is 2. The van der Waals surface area contributed by atoms with Crippen molar-refractivity contribution in [2.24, 2.45) is 5.10 Å². The summed E-state index contributed by atoms with van der Waals surface area (Å²) in [6.07, 6.45) is 0.101. The van der Waals surface area contributed by atoms with Crippen LogP contribution in [0, 0.1) is 10.1 Å². The van der Waals surface area contributed by atoms with E-state index in [0.717, 1.165) is 0 Å². The maximum absolute atomic E-state index is 13.6. The number of non-ortho nitro benzene ring substituents is 1. The molecule has 0 aromatic heterocycles. The van der Waals surface area contributed by atoms with Crippen molar-refractivity contribution < 1.29 is 24.5 Å². The van der Waals surface area contributed by atoms with Crippen molar-refractivity contribution in [1.82, 2.24) is 15.4 Å². The third-order valence-corrected chi connectivity index (χ3v) is 6.32. The van der Waals surface area contributed by atoms with E-state index in [2.05, 4.69) is 15.8 Å². The fourth-order valence-corrected chi connectivity index (χ4v) is 4.31. The zero-order valence-corrected chi connectivity index (χ0v) is 21.7. The highest BCUT2D eigenvalue weighted by molar-refractivity contribution is 6.00. The normalized spacial score (nSPS) is 16.2. The van der Waals surface area contributed by atoms with E-state index in [9.17, 15) is 29.7 Å². The second-order valence-corrected chi connectivity index (χ2v) is 9.38. The molecular weight excluding hydrogens is 518 g/mol. The van der Waals surface area contributed by atoms with Crippen LogP contribution in [0.25, 0.3) is 0 Å². The van der Waals surface area contributed by atoms with E-state index in [4.69, 9.17) is 0 Å². The molecule has 3 aromatic carbocycles. The highest BCUT2D eigenvalue weighted by Gasteiger charge is 2.56. The Labute approximate surface area is 229 Å². The van der Waals surface area contributed by atoms with Crippen molar-refractivity contribution in [3.63, 3.8) is 0 Å². The van der Waals surface area contributed by atoms with Gasteiger partial charge in [-0.15, -0.1) is 0 Å². The molecule has 5 amide bonds. The van der Waals surface area contributed by atoms with E-state index in [0.29, 0.717) is 22.0 Å². The van der Waals surface area contributed by atoms with E-state index in [1.165, 1.54) is 40.3 Å². The molecule has 1 saturated heterocycles. The van der Waals surface area contributed by atoms with Crippen molar-refractivity contribution in [1.29, 1.82) is 0 Å². The maximum atomic E-state index is 13.6. The number of nitrogens with one attached hydrogen (secondary N) is 2. The first-order valence-corrected chi connectivity index (χ1v) is 12.2. The standard InChI is InChI=1S/C27H27N7O6/c1-27(2)24(33(38)25(36)29-20-9-5-3-6-10-20)32(21-11-7-4-8-12-21)26(37)31(27)18-23(35)30-28-17-19-13-15-22(16-14-19)34(39)40/h3-17,24,38H,18H2,1-2H3,(H,29,36)(H,30,35)/b28-17+. The van der Waals surface area contributed by atoms with Crippen molar-refractivity contribution >= 4 is 41.2 Å². The van der Waals surface area contributed by atoms with Gasteiger partial charge in [-0.05, 0) is 55.8 Å². The maximum Gasteiger partial charge on any atom is 0.347 e. The van der Waals surface area contributed by atoms with Gasteiger partial charge >= 0.3 is 12.1 Å². The van der Waals surface area contributed by atoms with Crippen LogP contribution in [0.15, 0.2) is 90.0 Å². The smallest absolute Gasteiger partial charge is 0.306 e. The molecule has 0 bridgehead atoms. The van der Waals surface area contributed by atoms with E-state index < -0.39 is 41.1 Å². The topological polar surface area (TPSA) is 161 Å². The monoisotopic (exact) mass is 545 g/mol. The van der Waals surface area contributed by atoms with Gasteiger partial charge in [0.15, 0.2) is 6.17 Å². The Morgan fingerprint density at radius 3 is 2.25 bits per heavy atom. The fraction of sp³-hybridized carbons (Fsp3) is 0.185. The Morgan fingerprint density at radius 2 is 1.65 bits per heavy atom. The fourth-order valence-electron chi connectivity index (χ4n) is 4.31. The zero-order chi connectivity index (χ0) is 28.9. The summed E-state index contributed by atoms with van der Waals surface area (Å²) in [6, 6.07) is 21.1. The number of benzene rings is 3. The summed E-state index contributed by atoms with van der Waals surface area (Å²) in [5.41, 5.74) is 2.39. The molecule has 1 atom stereocenters. The van der Waals surface area contributed by atoms with Crippen LogP contribution >= 0.6 is 0 Å². The highest BCUT2D eigenvalue weighted by atomic mass is 16.6. The third kappa shape index (κ3) is 5.89. The Kier molecular flexibility index (Phi) is 8.05. The van der Waals surface area contributed by atoms with Crippen molar-refractivity contribution in [2.45, 2.75) is 25.6 Å². The van der Waals surface area contributed by atoms with Crippen LogP contribution in [0.4, 0.5) is 26.7 Å². The second-order valence-electron chi connectivity index (χ2n) is 9.38. The SMILES string of the molecule is CC1(C)C(N(O)C(=O)Nc2ccccc2)N(c2ccccc2)C(=O)N1CC(=O)N/N=C/c1ccc([N+](=O)[O-])cc1. The van der Waals surface area contributed by atoms with Gasteiger partial charge in [-0.2, -0.15) is 10.2 Å². The van der Waals surface area contributed by atoms with Crippen LogP contribution in [0.5, 0.6) is 0 Å². The van der Waals surface area contributed by atoms with Gasteiger partial charge in [-0.3, -0.25) is 25.0 Å². The molecular formula is C27H27N7O6. The average Bonchev–Trinajstić information content (AvgIpc) is 3.14. The lowest BCUT2D eigenvalue weighted by Crippen LogP contribution is -2.58. The van der Waals surface area contributed by atoms with Gasteiger partial charge in [0.2, 0.25) is 0 Å². The van der Waals surface area contributed by atoms with Gasteiger partial charge in [0.1, 0.15) is 6.54 Å². The summed E-state index contributed by atoms with van der Waals surface area (Å²) >= 11 is 0. The number of carbonyl (C=O) groups is 3. The van der Waals surface area contributed by atoms with E-state index in [1.807, 2.05) is 0 Å². The summed E-state index contributed by atoms with van der Waals surface area (Å²) in [4.78, 5) is 52.2. The van der Waals surface area contributed by atoms with Crippen LogP contribution < -0.4 is 15.6 Å².